The molecule has 0 saturated heterocycles. The van der Waals surface area contributed by atoms with Crippen molar-refractivity contribution < 1.29 is 0 Å². The van der Waals surface area contributed by atoms with Gasteiger partial charge in [0.15, 0.2) is 0 Å². The molecule has 0 spiro atoms. The van der Waals surface area contributed by atoms with Crippen LogP contribution in [0.3, 0.4) is 0 Å². The van der Waals surface area contributed by atoms with Gasteiger partial charge >= 0.3 is 0 Å². The SMILES string of the molecule is NSSc1cccc2ccccc12. The van der Waals surface area contributed by atoms with Gasteiger partial charge in [0.25, 0.3) is 0 Å². The number of hydrogen-bond acceptors (Lipinski definition) is 3. The zero-order valence-electron chi connectivity index (χ0n) is 6.94. The molecule has 3 heteroatoms. The fraction of sp³-hybridized carbons (Fsp3) is 0. The Kier molecular flexibility index (Phi) is 2.78. The van der Waals surface area contributed by atoms with Gasteiger partial charge in [-0.1, -0.05) is 36.4 Å². The van der Waals surface area contributed by atoms with Crippen molar-refractivity contribution in [3.63, 3.8) is 0 Å². The van der Waals surface area contributed by atoms with Crippen molar-refractivity contribution in [3.8, 4) is 0 Å². The van der Waals surface area contributed by atoms with E-state index in [0.717, 1.165) is 0 Å². The molecule has 0 bridgehead atoms. The minimum atomic E-state index is 1.23. The number of hydrogen-bond donors (Lipinski definition) is 1. The molecule has 0 aliphatic carbocycles. The van der Waals surface area contributed by atoms with E-state index in [1.165, 1.54) is 26.6 Å². The van der Waals surface area contributed by atoms with Gasteiger partial charge in [0.1, 0.15) is 0 Å². The lowest BCUT2D eigenvalue weighted by Crippen LogP contribution is -1.76. The molecule has 2 aromatic carbocycles. The zero-order chi connectivity index (χ0) is 9.10. The van der Waals surface area contributed by atoms with Crippen molar-refractivity contribution in [1.29, 1.82) is 0 Å². The third-order valence-corrected chi connectivity index (χ3v) is 3.35. The van der Waals surface area contributed by atoms with E-state index >= 15 is 0 Å². The molecule has 13 heavy (non-hydrogen) atoms. The van der Waals surface area contributed by atoms with Crippen molar-refractivity contribution in [2.45, 2.75) is 4.90 Å². The fourth-order valence-electron chi connectivity index (χ4n) is 1.32. The molecule has 0 atom stereocenters. The van der Waals surface area contributed by atoms with Crippen LogP contribution in [0.1, 0.15) is 0 Å². The minimum Gasteiger partial charge on any atom is -0.268 e. The summed E-state index contributed by atoms with van der Waals surface area (Å²) in [6.07, 6.45) is 0. The molecule has 1 nitrogen and oxygen atoms in total. The maximum absolute atomic E-state index is 5.43. The predicted octanol–water partition coefficient (Wildman–Crippen LogP) is 3.45. The summed E-state index contributed by atoms with van der Waals surface area (Å²) < 4.78 is 0. The Morgan fingerprint density at radius 2 is 1.69 bits per heavy atom. The molecule has 0 unspecified atom stereocenters. The summed E-state index contributed by atoms with van der Waals surface area (Å²) in [5.74, 6) is 0. The average Bonchev–Trinajstić information content (AvgIpc) is 2.19. The van der Waals surface area contributed by atoms with Gasteiger partial charge in [-0.05, 0) is 38.6 Å². The molecule has 0 saturated carbocycles. The average molecular weight is 207 g/mol. The Morgan fingerprint density at radius 1 is 0.923 bits per heavy atom. The lowest BCUT2D eigenvalue weighted by molar-refractivity contribution is 1.56. The second-order valence-corrected chi connectivity index (χ2v) is 4.53. The summed E-state index contributed by atoms with van der Waals surface area (Å²) in [4.78, 5) is 1.23. The minimum absolute atomic E-state index is 1.23. The van der Waals surface area contributed by atoms with Crippen LogP contribution in [-0.2, 0) is 0 Å². The first-order valence-electron chi connectivity index (χ1n) is 3.93. The van der Waals surface area contributed by atoms with Crippen LogP contribution in [-0.4, -0.2) is 0 Å². The van der Waals surface area contributed by atoms with Crippen LogP contribution in [0.5, 0.6) is 0 Å². The van der Waals surface area contributed by atoms with E-state index in [1.54, 1.807) is 10.8 Å². The van der Waals surface area contributed by atoms with E-state index in [2.05, 4.69) is 30.3 Å². The lowest BCUT2D eigenvalue weighted by Gasteiger charge is -2.02. The van der Waals surface area contributed by atoms with Crippen LogP contribution in [0.15, 0.2) is 47.4 Å². The molecule has 0 fully saturated rings. The second kappa shape index (κ2) is 4.05. The highest BCUT2D eigenvalue weighted by atomic mass is 33.1. The van der Waals surface area contributed by atoms with E-state index in [9.17, 15) is 0 Å². The lowest BCUT2D eigenvalue weighted by atomic mass is 10.1. The molecule has 2 rings (SSSR count). The molecule has 2 N–H and O–H groups in total. The monoisotopic (exact) mass is 207 g/mol. The van der Waals surface area contributed by atoms with Crippen molar-refractivity contribution in [2.75, 3.05) is 0 Å². The third-order valence-electron chi connectivity index (χ3n) is 1.89. The molecular weight excluding hydrogens is 198 g/mol. The number of rotatable bonds is 2. The molecule has 0 aliphatic heterocycles. The Bertz CT molecular complexity index is 409. The van der Waals surface area contributed by atoms with Crippen LogP contribution < -0.4 is 5.14 Å². The van der Waals surface area contributed by atoms with Gasteiger partial charge in [-0.15, -0.1) is 0 Å². The fourth-order valence-corrected chi connectivity index (χ4v) is 2.58. The number of fused-ring (bicyclic) bond motifs is 1. The number of benzene rings is 2. The van der Waals surface area contributed by atoms with Gasteiger partial charge in [0.05, 0.1) is 0 Å². The van der Waals surface area contributed by atoms with Crippen LogP contribution >= 0.6 is 21.8 Å². The predicted molar refractivity (Wildman–Crippen MR) is 61.6 cm³/mol. The van der Waals surface area contributed by atoms with Gasteiger partial charge < -0.3 is 0 Å². The molecule has 0 amide bonds. The van der Waals surface area contributed by atoms with Crippen molar-refractivity contribution in [1.82, 2.24) is 0 Å². The van der Waals surface area contributed by atoms with Crippen LogP contribution in [0.4, 0.5) is 0 Å². The Morgan fingerprint density at radius 3 is 2.54 bits per heavy atom. The van der Waals surface area contributed by atoms with Gasteiger partial charge in [-0.2, -0.15) is 0 Å². The van der Waals surface area contributed by atoms with Crippen LogP contribution in [0.25, 0.3) is 10.8 Å². The van der Waals surface area contributed by atoms with E-state index in [1.807, 2.05) is 12.1 Å². The topological polar surface area (TPSA) is 26.0 Å². The normalized spacial score (nSPS) is 10.5. The summed E-state index contributed by atoms with van der Waals surface area (Å²) >= 11 is 0. The molecule has 66 valence electrons. The van der Waals surface area contributed by atoms with Gasteiger partial charge in [0.2, 0.25) is 0 Å². The maximum atomic E-state index is 5.43. The molecule has 0 aromatic heterocycles. The first-order valence-corrected chi connectivity index (χ1v) is 6.14. The van der Waals surface area contributed by atoms with Crippen molar-refractivity contribution in [2.24, 2.45) is 5.14 Å². The smallest absolute Gasteiger partial charge is 0.0273 e. The number of nitrogens with two attached hydrogens (primary N) is 1. The van der Waals surface area contributed by atoms with Crippen LogP contribution in [0.2, 0.25) is 0 Å². The molecule has 2 aromatic rings. The Hall–Kier alpha value is -0.640. The summed E-state index contributed by atoms with van der Waals surface area (Å²) in [6, 6.07) is 14.6. The van der Waals surface area contributed by atoms with Gasteiger partial charge in [-0.3, -0.25) is 5.14 Å². The Balaban J connectivity index is 2.61. The van der Waals surface area contributed by atoms with Crippen molar-refractivity contribution >= 4 is 32.5 Å². The maximum Gasteiger partial charge on any atom is 0.0273 e. The summed E-state index contributed by atoms with van der Waals surface area (Å²) in [5, 5.41) is 7.97. The van der Waals surface area contributed by atoms with Crippen LogP contribution in [0, 0.1) is 0 Å². The third kappa shape index (κ3) is 1.82. The highest BCUT2D eigenvalue weighted by molar-refractivity contribution is 8.75. The first kappa shape index (κ1) is 8.94. The highest BCUT2D eigenvalue weighted by Crippen LogP contribution is 2.32. The van der Waals surface area contributed by atoms with Crippen molar-refractivity contribution in [3.05, 3.63) is 42.5 Å². The van der Waals surface area contributed by atoms with Gasteiger partial charge in [-0.25, -0.2) is 0 Å². The highest BCUT2D eigenvalue weighted by Gasteiger charge is 1.98. The molecule has 0 radical (unpaired) electrons. The van der Waals surface area contributed by atoms with E-state index < -0.39 is 0 Å². The standard InChI is InChI=1S/C10H9NS2/c11-13-12-10-7-3-5-8-4-1-2-6-9(8)10/h1-7H,11H2. The molecule has 0 aliphatic rings. The van der Waals surface area contributed by atoms with E-state index in [4.69, 9.17) is 5.14 Å². The molecular formula is C10H9NS2. The second-order valence-electron chi connectivity index (χ2n) is 2.66. The largest absolute Gasteiger partial charge is 0.268 e. The van der Waals surface area contributed by atoms with Gasteiger partial charge in [0, 0.05) is 4.90 Å². The Labute approximate surface area is 85.2 Å². The summed E-state index contributed by atoms with van der Waals surface area (Å²) in [5.41, 5.74) is 0. The summed E-state index contributed by atoms with van der Waals surface area (Å²) in [6.45, 7) is 0. The zero-order valence-corrected chi connectivity index (χ0v) is 8.57. The van der Waals surface area contributed by atoms with E-state index in [0.29, 0.717) is 0 Å². The van der Waals surface area contributed by atoms with E-state index in [-0.39, 0.29) is 0 Å². The molecule has 0 heterocycles. The summed E-state index contributed by atoms with van der Waals surface area (Å²) in [7, 11) is 2.89. The quantitative estimate of drug-likeness (QED) is 0.603. The first-order chi connectivity index (χ1) is 6.42.